The molecule has 4 heteroatoms. The average Bonchev–Trinajstić information content (AvgIpc) is 2.03. The lowest BCUT2D eigenvalue weighted by Crippen LogP contribution is -2.10. The zero-order valence-electron chi connectivity index (χ0n) is 6.60. The van der Waals surface area contributed by atoms with E-state index in [-0.39, 0.29) is 5.84 Å². The van der Waals surface area contributed by atoms with Gasteiger partial charge in [-0.15, -0.1) is 0 Å². The lowest BCUT2D eigenvalue weighted by molar-refractivity contribution is 0.414. The topological polar surface area (TPSA) is 59.1 Å². The first-order valence-corrected chi connectivity index (χ1v) is 4.12. The second-order valence-electron chi connectivity index (χ2n) is 2.29. The molecule has 1 rings (SSSR count). The summed E-state index contributed by atoms with van der Waals surface area (Å²) in [6, 6.07) is 5.30. The van der Waals surface area contributed by atoms with E-state index >= 15 is 0 Å². The largest absolute Gasteiger partial charge is 0.497 e. The van der Waals surface area contributed by atoms with Crippen LogP contribution in [-0.2, 0) is 0 Å². The minimum Gasteiger partial charge on any atom is -0.497 e. The molecular formula is C8H9BrN2O. The van der Waals surface area contributed by atoms with Crippen LogP contribution in [0.1, 0.15) is 5.56 Å². The van der Waals surface area contributed by atoms with Gasteiger partial charge in [0.15, 0.2) is 0 Å². The van der Waals surface area contributed by atoms with E-state index in [2.05, 4.69) is 15.9 Å². The maximum Gasteiger partial charge on any atom is 0.122 e. The molecule has 0 atom stereocenters. The van der Waals surface area contributed by atoms with Gasteiger partial charge in [0, 0.05) is 10.0 Å². The molecule has 1 aromatic carbocycles. The zero-order chi connectivity index (χ0) is 9.14. The number of ether oxygens (including phenoxy) is 1. The third kappa shape index (κ3) is 1.98. The molecule has 0 saturated heterocycles. The molecule has 0 radical (unpaired) electrons. The molecule has 0 bridgehead atoms. The quantitative estimate of drug-likeness (QED) is 0.599. The smallest absolute Gasteiger partial charge is 0.122 e. The zero-order valence-corrected chi connectivity index (χ0v) is 8.18. The number of benzene rings is 1. The molecule has 12 heavy (non-hydrogen) atoms. The van der Waals surface area contributed by atoms with Crippen LogP contribution in [0, 0.1) is 5.41 Å². The number of hydrogen-bond acceptors (Lipinski definition) is 2. The maximum atomic E-state index is 7.21. The van der Waals surface area contributed by atoms with Crippen molar-refractivity contribution < 1.29 is 4.74 Å². The van der Waals surface area contributed by atoms with E-state index in [0.29, 0.717) is 11.3 Å². The fraction of sp³-hybridized carbons (Fsp3) is 0.125. The highest BCUT2D eigenvalue weighted by Crippen LogP contribution is 2.20. The summed E-state index contributed by atoms with van der Waals surface area (Å²) in [7, 11) is 1.58. The molecule has 0 amide bonds. The number of amidine groups is 1. The summed E-state index contributed by atoms with van der Waals surface area (Å²) in [6.45, 7) is 0. The van der Waals surface area contributed by atoms with Crippen LogP contribution in [0.15, 0.2) is 22.7 Å². The predicted octanol–water partition coefficient (Wildman–Crippen LogP) is 1.74. The number of hydrogen-bond donors (Lipinski definition) is 2. The summed E-state index contributed by atoms with van der Waals surface area (Å²) in [5.41, 5.74) is 5.97. The van der Waals surface area contributed by atoms with E-state index in [1.807, 2.05) is 6.07 Å². The van der Waals surface area contributed by atoms with Gasteiger partial charge in [-0.25, -0.2) is 0 Å². The van der Waals surface area contributed by atoms with Crippen LogP contribution in [0.5, 0.6) is 5.75 Å². The van der Waals surface area contributed by atoms with Crippen LogP contribution in [0.3, 0.4) is 0 Å². The van der Waals surface area contributed by atoms with Gasteiger partial charge in [-0.05, 0) is 18.2 Å². The molecule has 1 aromatic rings. The molecule has 64 valence electrons. The predicted molar refractivity (Wildman–Crippen MR) is 51.7 cm³/mol. The summed E-state index contributed by atoms with van der Waals surface area (Å²) < 4.78 is 5.86. The fourth-order valence-corrected chi connectivity index (χ4v) is 1.31. The van der Waals surface area contributed by atoms with E-state index in [1.54, 1.807) is 19.2 Å². The van der Waals surface area contributed by atoms with Crippen molar-refractivity contribution in [2.45, 2.75) is 0 Å². The summed E-state index contributed by atoms with van der Waals surface area (Å²) in [4.78, 5) is 0. The molecule has 0 heterocycles. The van der Waals surface area contributed by atoms with Gasteiger partial charge in [-0.3, -0.25) is 5.41 Å². The Hall–Kier alpha value is -1.03. The maximum absolute atomic E-state index is 7.21. The van der Waals surface area contributed by atoms with E-state index in [1.165, 1.54) is 0 Å². The third-order valence-electron chi connectivity index (χ3n) is 1.42. The van der Waals surface area contributed by atoms with Gasteiger partial charge < -0.3 is 10.5 Å². The Morgan fingerprint density at radius 1 is 1.50 bits per heavy atom. The number of nitrogens with two attached hydrogens (primary N) is 1. The molecule has 3 N–H and O–H groups in total. The highest BCUT2D eigenvalue weighted by Gasteiger charge is 2.00. The van der Waals surface area contributed by atoms with Gasteiger partial charge in [-0.2, -0.15) is 0 Å². The van der Waals surface area contributed by atoms with Crippen molar-refractivity contribution in [3.63, 3.8) is 0 Å². The second kappa shape index (κ2) is 3.58. The minimum absolute atomic E-state index is 0.0367. The first-order chi connectivity index (χ1) is 5.63. The van der Waals surface area contributed by atoms with Crippen LogP contribution < -0.4 is 10.5 Å². The van der Waals surface area contributed by atoms with Crippen LogP contribution in [0.2, 0.25) is 0 Å². The summed E-state index contributed by atoms with van der Waals surface area (Å²) in [6.07, 6.45) is 0. The molecular weight excluding hydrogens is 220 g/mol. The first-order valence-electron chi connectivity index (χ1n) is 3.32. The van der Waals surface area contributed by atoms with E-state index < -0.39 is 0 Å². The molecule has 0 aliphatic heterocycles. The van der Waals surface area contributed by atoms with Crippen LogP contribution in [0.4, 0.5) is 0 Å². The molecule has 0 aromatic heterocycles. The third-order valence-corrected chi connectivity index (χ3v) is 1.88. The van der Waals surface area contributed by atoms with E-state index in [0.717, 1.165) is 4.47 Å². The van der Waals surface area contributed by atoms with Gasteiger partial charge in [0.25, 0.3) is 0 Å². The van der Waals surface area contributed by atoms with Crippen LogP contribution >= 0.6 is 15.9 Å². The Kier molecular flexibility index (Phi) is 2.70. The molecule has 0 saturated carbocycles. The number of methoxy groups -OCH3 is 1. The summed E-state index contributed by atoms with van der Waals surface area (Å²) in [5, 5.41) is 7.21. The Labute approximate surface area is 79.2 Å². The van der Waals surface area contributed by atoms with Crippen molar-refractivity contribution in [1.29, 1.82) is 5.41 Å². The molecule has 0 aliphatic carbocycles. The van der Waals surface area contributed by atoms with Gasteiger partial charge >= 0.3 is 0 Å². The lowest BCUT2D eigenvalue weighted by Gasteiger charge is -2.03. The van der Waals surface area contributed by atoms with Gasteiger partial charge in [0.2, 0.25) is 0 Å². The lowest BCUT2D eigenvalue weighted by atomic mass is 10.2. The summed E-state index contributed by atoms with van der Waals surface area (Å²) in [5.74, 6) is 0.726. The van der Waals surface area contributed by atoms with Gasteiger partial charge in [0.05, 0.1) is 7.11 Å². The standard InChI is InChI=1S/C8H9BrN2O/c1-12-7-3-5(8(10)11)2-6(9)4-7/h2-4H,1H3,(H3,10,11). The number of nitrogens with one attached hydrogen (secondary N) is 1. The number of nitrogen functional groups attached to an aromatic ring is 1. The number of rotatable bonds is 2. The average molecular weight is 229 g/mol. The molecule has 0 fully saturated rings. The van der Waals surface area contributed by atoms with Gasteiger partial charge in [0.1, 0.15) is 11.6 Å². The monoisotopic (exact) mass is 228 g/mol. The van der Waals surface area contributed by atoms with Crippen molar-refractivity contribution in [2.75, 3.05) is 7.11 Å². The Morgan fingerprint density at radius 2 is 2.17 bits per heavy atom. The molecule has 0 aliphatic rings. The van der Waals surface area contributed by atoms with Crippen molar-refractivity contribution in [2.24, 2.45) is 5.73 Å². The normalized spacial score (nSPS) is 9.50. The van der Waals surface area contributed by atoms with Crippen molar-refractivity contribution in [3.05, 3.63) is 28.2 Å². The second-order valence-corrected chi connectivity index (χ2v) is 3.21. The van der Waals surface area contributed by atoms with Crippen LogP contribution in [0.25, 0.3) is 0 Å². The summed E-state index contributed by atoms with van der Waals surface area (Å²) >= 11 is 3.29. The SMILES string of the molecule is COc1cc(Br)cc(C(=N)N)c1. The Morgan fingerprint density at radius 3 is 2.67 bits per heavy atom. The molecule has 0 unspecified atom stereocenters. The van der Waals surface area contributed by atoms with E-state index in [4.69, 9.17) is 15.9 Å². The molecule has 3 nitrogen and oxygen atoms in total. The highest BCUT2D eigenvalue weighted by molar-refractivity contribution is 9.10. The van der Waals surface area contributed by atoms with Crippen molar-refractivity contribution in [1.82, 2.24) is 0 Å². The minimum atomic E-state index is 0.0367. The highest BCUT2D eigenvalue weighted by atomic mass is 79.9. The first kappa shape index (κ1) is 9.06. The van der Waals surface area contributed by atoms with E-state index in [9.17, 15) is 0 Å². The van der Waals surface area contributed by atoms with Crippen LogP contribution in [-0.4, -0.2) is 12.9 Å². The van der Waals surface area contributed by atoms with Crippen molar-refractivity contribution in [3.8, 4) is 5.75 Å². The fourth-order valence-electron chi connectivity index (χ4n) is 0.836. The Balaban J connectivity index is 3.15. The van der Waals surface area contributed by atoms with Crippen molar-refractivity contribution >= 4 is 21.8 Å². The molecule has 0 spiro atoms. The van der Waals surface area contributed by atoms with Gasteiger partial charge in [-0.1, -0.05) is 15.9 Å². The number of halogens is 1. The Bertz CT molecular complexity index is 312.